The number of ether oxygens (including phenoxy) is 1. The topological polar surface area (TPSA) is 56.2 Å². The summed E-state index contributed by atoms with van der Waals surface area (Å²) in [5, 5.41) is 11.0. The molecule has 2 fully saturated rings. The third-order valence-corrected chi connectivity index (χ3v) is 5.42. The van der Waals surface area contributed by atoms with E-state index in [1.165, 1.54) is 0 Å². The molecule has 0 spiro atoms. The lowest BCUT2D eigenvalue weighted by molar-refractivity contribution is -0.130. The molecule has 1 amide bonds. The van der Waals surface area contributed by atoms with E-state index in [1.54, 1.807) is 6.92 Å². The van der Waals surface area contributed by atoms with Crippen LogP contribution in [0.3, 0.4) is 0 Å². The highest BCUT2D eigenvalue weighted by molar-refractivity contribution is 5.73. The van der Waals surface area contributed by atoms with E-state index in [0.29, 0.717) is 18.8 Å². The molecular weight excluding hydrogens is 349 g/mol. The standard InChI is InChI=1S/C20H30FN3O3/c1-17(25)24-11-9-22(10-12-24)15-20(26)6-8-23(16-20)14-18-2-4-19(5-3-18)27-13-7-21/h2-5,26H,6-16H2,1H3. The van der Waals surface area contributed by atoms with Gasteiger partial charge >= 0.3 is 0 Å². The summed E-state index contributed by atoms with van der Waals surface area (Å²) in [5.41, 5.74) is 0.463. The maximum atomic E-state index is 12.1. The molecule has 0 aliphatic carbocycles. The molecule has 1 aromatic rings. The van der Waals surface area contributed by atoms with Gasteiger partial charge in [0.1, 0.15) is 19.0 Å². The van der Waals surface area contributed by atoms with Gasteiger partial charge in [-0.3, -0.25) is 14.6 Å². The van der Waals surface area contributed by atoms with Crippen LogP contribution in [0.15, 0.2) is 24.3 Å². The Hall–Kier alpha value is -1.70. The summed E-state index contributed by atoms with van der Waals surface area (Å²) >= 11 is 0. The lowest BCUT2D eigenvalue weighted by atomic mass is 10.0. The first kappa shape index (κ1) is 20.0. The highest BCUT2D eigenvalue weighted by Crippen LogP contribution is 2.25. The molecule has 1 N–H and O–H groups in total. The molecule has 1 aromatic carbocycles. The lowest BCUT2D eigenvalue weighted by Crippen LogP contribution is -2.53. The minimum Gasteiger partial charge on any atom is -0.491 e. The summed E-state index contributed by atoms with van der Waals surface area (Å²) in [5.74, 6) is 0.806. The second-order valence-corrected chi connectivity index (χ2v) is 7.65. The van der Waals surface area contributed by atoms with Crippen LogP contribution >= 0.6 is 0 Å². The number of alkyl halides is 1. The molecule has 27 heavy (non-hydrogen) atoms. The number of benzene rings is 1. The highest BCUT2D eigenvalue weighted by atomic mass is 19.1. The lowest BCUT2D eigenvalue weighted by Gasteiger charge is -2.38. The van der Waals surface area contributed by atoms with Gasteiger partial charge < -0.3 is 14.7 Å². The molecule has 0 bridgehead atoms. The molecule has 2 aliphatic rings. The molecule has 7 heteroatoms. The van der Waals surface area contributed by atoms with Crippen LogP contribution in [0, 0.1) is 0 Å². The van der Waals surface area contributed by atoms with Gasteiger partial charge in [-0.2, -0.15) is 0 Å². The number of amides is 1. The van der Waals surface area contributed by atoms with E-state index in [-0.39, 0.29) is 12.5 Å². The maximum Gasteiger partial charge on any atom is 0.219 e. The van der Waals surface area contributed by atoms with Crippen LogP contribution in [-0.2, 0) is 11.3 Å². The molecule has 0 radical (unpaired) electrons. The van der Waals surface area contributed by atoms with Crippen molar-refractivity contribution < 1.29 is 19.0 Å². The van der Waals surface area contributed by atoms with Gasteiger partial charge in [0.05, 0.1) is 5.60 Å². The maximum absolute atomic E-state index is 12.1. The van der Waals surface area contributed by atoms with Gasteiger partial charge in [-0.1, -0.05) is 12.1 Å². The molecule has 2 aliphatic heterocycles. The number of piperazine rings is 1. The van der Waals surface area contributed by atoms with E-state index in [2.05, 4.69) is 9.80 Å². The summed E-state index contributed by atoms with van der Waals surface area (Å²) < 4.78 is 17.4. The van der Waals surface area contributed by atoms with E-state index >= 15 is 0 Å². The van der Waals surface area contributed by atoms with Crippen molar-refractivity contribution in [1.29, 1.82) is 0 Å². The van der Waals surface area contributed by atoms with Gasteiger partial charge in [-0.25, -0.2) is 4.39 Å². The van der Waals surface area contributed by atoms with Gasteiger partial charge in [-0.15, -0.1) is 0 Å². The van der Waals surface area contributed by atoms with Crippen LogP contribution in [0.5, 0.6) is 5.75 Å². The molecule has 150 valence electrons. The summed E-state index contributed by atoms with van der Waals surface area (Å²) in [6.07, 6.45) is 0.762. The van der Waals surface area contributed by atoms with E-state index in [1.807, 2.05) is 29.2 Å². The smallest absolute Gasteiger partial charge is 0.219 e. The van der Waals surface area contributed by atoms with Crippen molar-refractivity contribution in [1.82, 2.24) is 14.7 Å². The van der Waals surface area contributed by atoms with Gasteiger partial charge in [0, 0.05) is 59.3 Å². The van der Waals surface area contributed by atoms with E-state index < -0.39 is 12.3 Å². The molecule has 2 saturated heterocycles. The number of nitrogens with zero attached hydrogens (tertiary/aromatic N) is 3. The fourth-order valence-electron chi connectivity index (χ4n) is 3.95. The Morgan fingerprint density at radius 2 is 1.85 bits per heavy atom. The SMILES string of the molecule is CC(=O)N1CCN(CC2(O)CCN(Cc3ccc(OCCF)cc3)C2)CC1. The molecule has 1 atom stereocenters. The van der Waals surface area contributed by atoms with Crippen LogP contribution in [0.4, 0.5) is 4.39 Å². The fourth-order valence-corrected chi connectivity index (χ4v) is 3.95. The number of hydrogen-bond donors (Lipinski definition) is 1. The first-order valence-electron chi connectivity index (χ1n) is 9.68. The van der Waals surface area contributed by atoms with Crippen molar-refractivity contribution >= 4 is 5.91 Å². The normalized spacial score (nSPS) is 24.3. The van der Waals surface area contributed by atoms with E-state index in [4.69, 9.17) is 4.74 Å². The Labute approximate surface area is 160 Å². The molecule has 0 aromatic heterocycles. The largest absolute Gasteiger partial charge is 0.491 e. The average molecular weight is 379 g/mol. The fraction of sp³-hybridized carbons (Fsp3) is 0.650. The van der Waals surface area contributed by atoms with Crippen molar-refractivity contribution in [2.45, 2.75) is 25.5 Å². The summed E-state index contributed by atoms with van der Waals surface area (Å²) in [6.45, 7) is 7.29. The Balaban J connectivity index is 1.45. The van der Waals surface area contributed by atoms with Crippen LogP contribution in [0.1, 0.15) is 18.9 Å². The minimum atomic E-state index is -0.692. The Kier molecular flexibility index (Phi) is 6.68. The number of aliphatic hydroxyl groups is 1. The number of likely N-dealkylation sites (tertiary alicyclic amines) is 1. The number of carbonyl (C=O) groups excluding carboxylic acids is 1. The average Bonchev–Trinajstić information content (AvgIpc) is 3.02. The Morgan fingerprint density at radius 3 is 2.48 bits per heavy atom. The molecule has 3 rings (SSSR count). The first-order valence-corrected chi connectivity index (χ1v) is 9.68. The summed E-state index contributed by atoms with van der Waals surface area (Å²) in [7, 11) is 0. The zero-order chi connectivity index (χ0) is 19.3. The van der Waals surface area contributed by atoms with Crippen molar-refractivity contribution in [3.05, 3.63) is 29.8 Å². The predicted molar refractivity (Wildman–Crippen MR) is 101 cm³/mol. The van der Waals surface area contributed by atoms with Crippen molar-refractivity contribution in [2.24, 2.45) is 0 Å². The summed E-state index contributed by atoms with van der Waals surface area (Å²) in [6, 6.07) is 7.71. The zero-order valence-corrected chi connectivity index (χ0v) is 16.1. The number of carbonyl (C=O) groups is 1. The first-order chi connectivity index (χ1) is 13.0. The van der Waals surface area contributed by atoms with Crippen LogP contribution < -0.4 is 4.74 Å². The van der Waals surface area contributed by atoms with Crippen LogP contribution in [-0.4, -0.2) is 90.4 Å². The quantitative estimate of drug-likeness (QED) is 0.770. The predicted octanol–water partition coefficient (Wildman–Crippen LogP) is 1.14. The zero-order valence-electron chi connectivity index (χ0n) is 16.1. The number of rotatable bonds is 7. The Morgan fingerprint density at radius 1 is 1.15 bits per heavy atom. The van der Waals surface area contributed by atoms with Gasteiger partial charge in [0.15, 0.2) is 0 Å². The molecule has 6 nitrogen and oxygen atoms in total. The van der Waals surface area contributed by atoms with Gasteiger partial charge in [0.25, 0.3) is 0 Å². The van der Waals surface area contributed by atoms with Gasteiger partial charge in [0.2, 0.25) is 5.91 Å². The monoisotopic (exact) mass is 379 g/mol. The molecule has 2 heterocycles. The number of hydrogen-bond acceptors (Lipinski definition) is 5. The second kappa shape index (κ2) is 8.99. The van der Waals surface area contributed by atoms with Crippen molar-refractivity contribution in [2.75, 3.05) is 59.1 Å². The highest BCUT2D eigenvalue weighted by Gasteiger charge is 2.38. The van der Waals surface area contributed by atoms with Gasteiger partial charge in [-0.05, 0) is 24.1 Å². The second-order valence-electron chi connectivity index (χ2n) is 7.65. The number of β-amino-alcohol motifs (C(OH)–C–C–N with tert-alkyl or cyclic N) is 1. The molecule has 0 saturated carbocycles. The van der Waals surface area contributed by atoms with Crippen LogP contribution in [0.2, 0.25) is 0 Å². The Bertz CT molecular complexity index is 619. The van der Waals surface area contributed by atoms with E-state index in [9.17, 15) is 14.3 Å². The van der Waals surface area contributed by atoms with Crippen molar-refractivity contribution in [3.8, 4) is 5.75 Å². The molecular formula is C20H30FN3O3. The van der Waals surface area contributed by atoms with Crippen molar-refractivity contribution in [3.63, 3.8) is 0 Å². The van der Waals surface area contributed by atoms with E-state index in [0.717, 1.165) is 51.3 Å². The third-order valence-electron chi connectivity index (χ3n) is 5.42. The minimum absolute atomic E-state index is 0.0825. The molecule has 1 unspecified atom stereocenters. The number of halogens is 1. The summed E-state index contributed by atoms with van der Waals surface area (Å²) in [4.78, 5) is 17.8. The third kappa shape index (κ3) is 5.64. The van der Waals surface area contributed by atoms with Crippen LogP contribution in [0.25, 0.3) is 0 Å².